The van der Waals surface area contributed by atoms with Gasteiger partial charge >= 0.3 is 11.9 Å². The van der Waals surface area contributed by atoms with Crippen molar-refractivity contribution in [2.45, 2.75) is 37.9 Å². The Morgan fingerprint density at radius 3 is 1.73 bits per heavy atom. The first-order valence-corrected chi connectivity index (χ1v) is 12.9. The summed E-state index contributed by atoms with van der Waals surface area (Å²) in [5.74, 6) is -0.592. The molecule has 0 spiro atoms. The Bertz CT molecular complexity index is 1430. The van der Waals surface area contributed by atoms with Gasteiger partial charge in [-0.15, -0.1) is 0 Å². The molecule has 0 saturated carbocycles. The van der Waals surface area contributed by atoms with Gasteiger partial charge in [-0.1, -0.05) is 6.07 Å². The molecule has 0 aromatic heterocycles. The number of phenols is 1. The lowest BCUT2D eigenvalue weighted by Gasteiger charge is -2.33. The number of hydrogen-bond donors (Lipinski definition) is 4. The maximum absolute atomic E-state index is 11.3. The maximum Gasteiger partial charge on any atom is 0.303 e. The molecular weight excluding hydrogens is 536 g/mol. The first kappa shape index (κ1) is 29.3. The van der Waals surface area contributed by atoms with Crippen LogP contribution in [0.5, 0.6) is 34.5 Å². The molecule has 1 aliphatic heterocycles. The van der Waals surface area contributed by atoms with Crippen molar-refractivity contribution in [3.05, 3.63) is 59.2 Å². The van der Waals surface area contributed by atoms with Gasteiger partial charge in [0.1, 0.15) is 0 Å². The number of aryl methyl sites for hydroxylation is 2. The molecule has 218 valence electrons. The highest BCUT2D eigenvalue weighted by molar-refractivity contribution is 5.82. The minimum atomic E-state index is -0.966. The summed E-state index contributed by atoms with van der Waals surface area (Å²) in [5.41, 5.74) is 2.85. The number of carbonyl (C=O) groups is 2. The van der Waals surface area contributed by atoms with Gasteiger partial charge in [0.15, 0.2) is 46.7 Å². The first-order valence-electron chi connectivity index (χ1n) is 12.9. The molecule has 3 aromatic carbocycles. The molecule has 4 rings (SSSR count). The molecule has 0 amide bonds. The molecular formula is C30H32O11. The van der Waals surface area contributed by atoms with Gasteiger partial charge in [-0.2, -0.15) is 0 Å². The van der Waals surface area contributed by atoms with Gasteiger partial charge in [-0.05, 0) is 60.4 Å². The van der Waals surface area contributed by atoms with E-state index < -0.39 is 30.8 Å². The predicted octanol–water partition coefficient (Wildman–Crippen LogP) is 3.99. The van der Waals surface area contributed by atoms with Crippen LogP contribution in [0.1, 0.15) is 35.6 Å². The van der Waals surface area contributed by atoms with Crippen LogP contribution in [0.4, 0.5) is 0 Å². The number of rotatable bonds is 11. The zero-order valence-electron chi connectivity index (χ0n) is 22.9. The van der Waals surface area contributed by atoms with Crippen molar-refractivity contribution in [1.29, 1.82) is 0 Å². The zero-order valence-corrected chi connectivity index (χ0v) is 22.9. The summed E-state index contributed by atoms with van der Waals surface area (Å²) in [6, 6.07) is 11.6. The summed E-state index contributed by atoms with van der Waals surface area (Å²) in [4.78, 5) is 22.6. The summed E-state index contributed by atoms with van der Waals surface area (Å²) in [5, 5.41) is 39.2. The van der Waals surface area contributed by atoms with Crippen molar-refractivity contribution in [2.75, 3.05) is 27.9 Å². The largest absolute Gasteiger partial charge is 0.504 e. The maximum atomic E-state index is 11.3. The third kappa shape index (κ3) is 6.41. The highest BCUT2D eigenvalue weighted by Crippen LogP contribution is 2.51. The zero-order chi connectivity index (χ0) is 29.7. The minimum Gasteiger partial charge on any atom is -0.504 e. The van der Waals surface area contributed by atoms with Gasteiger partial charge in [0.25, 0.3) is 0 Å². The highest BCUT2D eigenvalue weighted by Gasteiger charge is 2.35. The molecule has 1 heterocycles. The molecule has 1 aliphatic rings. The number of ether oxygens (including phenoxy) is 5. The number of aliphatic hydroxyl groups is 1. The van der Waals surface area contributed by atoms with Gasteiger partial charge in [-0.3, -0.25) is 9.59 Å². The number of fused-ring (bicyclic) bond motifs is 3. The van der Waals surface area contributed by atoms with Crippen LogP contribution in [-0.4, -0.2) is 66.4 Å². The van der Waals surface area contributed by atoms with E-state index in [4.69, 9.17) is 23.7 Å². The number of carboxylic acid groups (broad SMARTS) is 2. The molecule has 0 aliphatic carbocycles. The number of carboxylic acids is 2. The summed E-state index contributed by atoms with van der Waals surface area (Å²) in [7, 11) is 4.33. The number of methoxy groups -OCH3 is 3. The lowest BCUT2D eigenvalue weighted by molar-refractivity contribution is -0.138. The summed E-state index contributed by atoms with van der Waals surface area (Å²) >= 11 is 0. The summed E-state index contributed by atoms with van der Waals surface area (Å²) in [6.45, 7) is -0.467. The SMILES string of the molecule is COc1cc(C2Oc3c(OC)cc(CCC(=O)O)cc3-c3cc(CCC(=O)O)cc(OC)c3OC2CO)ccc1O. The van der Waals surface area contributed by atoms with E-state index in [1.807, 2.05) is 0 Å². The highest BCUT2D eigenvalue weighted by atomic mass is 16.6. The van der Waals surface area contributed by atoms with E-state index in [1.165, 1.54) is 27.4 Å². The van der Waals surface area contributed by atoms with Gasteiger partial charge < -0.3 is 44.1 Å². The fourth-order valence-electron chi connectivity index (χ4n) is 4.76. The van der Waals surface area contributed by atoms with E-state index in [0.717, 1.165) is 0 Å². The quantitative estimate of drug-likeness (QED) is 0.265. The van der Waals surface area contributed by atoms with E-state index in [9.17, 15) is 30.0 Å². The molecule has 11 heteroatoms. The number of aromatic hydroxyl groups is 1. The first-order chi connectivity index (χ1) is 19.7. The van der Waals surface area contributed by atoms with Crippen molar-refractivity contribution >= 4 is 11.9 Å². The normalized spacial score (nSPS) is 15.7. The molecule has 4 N–H and O–H groups in total. The number of aliphatic carboxylic acids is 2. The van der Waals surface area contributed by atoms with Crippen molar-refractivity contribution < 1.29 is 53.7 Å². The van der Waals surface area contributed by atoms with Gasteiger partial charge in [0.05, 0.1) is 27.9 Å². The second-order valence-corrected chi connectivity index (χ2v) is 9.45. The Labute approximate surface area is 236 Å². The van der Waals surface area contributed by atoms with Crippen LogP contribution >= 0.6 is 0 Å². The molecule has 0 bridgehead atoms. The van der Waals surface area contributed by atoms with Crippen LogP contribution in [0.15, 0.2) is 42.5 Å². The van der Waals surface area contributed by atoms with E-state index in [1.54, 1.807) is 36.4 Å². The van der Waals surface area contributed by atoms with Crippen LogP contribution in [-0.2, 0) is 22.4 Å². The van der Waals surface area contributed by atoms with Crippen molar-refractivity contribution in [2.24, 2.45) is 0 Å². The smallest absolute Gasteiger partial charge is 0.303 e. The number of hydrogen-bond acceptors (Lipinski definition) is 9. The standard InChI is InChI=1S/C30H32O11/c1-37-22-14-18(6-7-21(22)32)28-25(15-31)40-29-19(10-16(4-8-26(33)34)12-23(29)38-2)20-11-17(5-9-27(35)36)13-24(39-3)30(20)41-28/h6-7,10-14,25,28,31-32H,4-5,8-9,15H2,1-3H3,(H,33,34)(H,35,36). The molecule has 2 unspecified atom stereocenters. The number of aliphatic hydroxyl groups excluding tert-OH is 1. The van der Waals surface area contributed by atoms with Crippen molar-refractivity contribution in [3.8, 4) is 45.6 Å². The second kappa shape index (κ2) is 12.7. The van der Waals surface area contributed by atoms with Crippen LogP contribution < -0.4 is 23.7 Å². The number of benzene rings is 3. The van der Waals surface area contributed by atoms with Gasteiger partial charge in [-0.25, -0.2) is 0 Å². The topological polar surface area (TPSA) is 161 Å². The summed E-state index contributed by atoms with van der Waals surface area (Å²) < 4.78 is 29.6. The third-order valence-electron chi connectivity index (χ3n) is 6.78. The summed E-state index contributed by atoms with van der Waals surface area (Å²) in [6.07, 6.45) is -1.69. The van der Waals surface area contributed by atoms with E-state index >= 15 is 0 Å². The molecule has 2 atom stereocenters. The molecule has 11 nitrogen and oxygen atoms in total. The lowest BCUT2D eigenvalue weighted by atomic mass is 9.93. The van der Waals surface area contributed by atoms with Crippen LogP contribution in [0.25, 0.3) is 11.1 Å². The molecule has 3 aromatic rings. The Balaban J connectivity index is 1.98. The fraction of sp³-hybridized carbons (Fsp3) is 0.333. The second-order valence-electron chi connectivity index (χ2n) is 9.45. The Hall–Kier alpha value is -4.64. The molecule has 0 radical (unpaired) electrons. The van der Waals surface area contributed by atoms with E-state index in [2.05, 4.69) is 0 Å². The average molecular weight is 569 g/mol. The van der Waals surface area contributed by atoms with E-state index in [-0.39, 0.29) is 42.9 Å². The monoisotopic (exact) mass is 568 g/mol. The average Bonchev–Trinajstić information content (AvgIpc) is 2.96. The van der Waals surface area contributed by atoms with Gasteiger partial charge in [0, 0.05) is 29.5 Å². The molecule has 0 saturated heterocycles. The molecule has 0 fully saturated rings. The van der Waals surface area contributed by atoms with Crippen LogP contribution in [0.3, 0.4) is 0 Å². The Morgan fingerprint density at radius 2 is 1.27 bits per heavy atom. The van der Waals surface area contributed by atoms with Gasteiger partial charge in [0.2, 0.25) is 0 Å². The van der Waals surface area contributed by atoms with Crippen molar-refractivity contribution in [3.63, 3.8) is 0 Å². The minimum absolute atomic E-state index is 0.0782. The molecule has 41 heavy (non-hydrogen) atoms. The van der Waals surface area contributed by atoms with Crippen LogP contribution in [0, 0.1) is 0 Å². The predicted molar refractivity (Wildman–Crippen MR) is 146 cm³/mol. The third-order valence-corrected chi connectivity index (χ3v) is 6.78. The van der Waals surface area contributed by atoms with Crippen molar-refractivity contribution in [1.82, 2.24) is 0 Å². The Kier molecular flexibility index (Phi) is 9.08. The Morgan fingerprint density at radius 1 is 0.756 bits per heavy atom. The lowest BCUT2D eigenvalue weighted by Crippen LogP contribution is -2.34. The van der Waals surface area contributed by atoms with E-state index in [0.29, 0.717) is 45.1 Å². The fourth-order valence-corrected chi connectivity index (χ4v) is 4.76. The van der Waals surface area contributed by atoms with Crippen LogP contribution in [0.2, 0.25) is 0 Å². The number of phenolic OH excluding ortho intramolecular Hbond substituents is 1.